The van der Waals surface area contributed by atoms with Crippen LogP contribution in [-0.2, 0) is 14.3 Å². The fourth-order valence-electron chi connectivity index (χ4n) is 11.7. The zero-order chi connectivity index (χ0) is 62.1. The van der Waals surface area contributed by atoms with Crippen LogP contribution in [0.1, 0.15) is 354 Å². The van der Waals surface area contributed by atoms with E-state index in [0.717, 1.165) is 57.8 Å². The Balaban J connectivity index is 2.07. The van der Waals surface area contributed by atoms with E-state index < -0.39 is 49.5 Å². The van der Waals surface area contributed by atoms with Crippen molar-refractivity contribution in [1.29, 1.82) is 0 Å². The molecule has 0 saturated carbocycles. The fourth-order valence-corrected chi connectivity index (χ4v) is 11.7. The van der Waals surface area contributed by atoms with Crippen LogP contribution in [0.25, 0.3) is 0 Å². The number of unbranched alkanes of at least 4 members (excludes halogenated alkanes) is 45. The number of ether oxygens (including phenoxy) is 2. The summed E-state index contributed by atoms with van der Waals surface area (Å²) in [6.07, 6.45) is 86.1. The Morgan fingerprint density at radius 2 is 0.698 bits per heavy atom. The summed E-state index contributed by atoms with van der Waals surface area (Å²) in [6.45, 7) is 3.78. The van der Waals surface area contributed by atoms with Crippen molar-refractivity contribution in [3.05, 3.63) is 72.9 Å². The van der Waals surface area contributed by atoms with E-state index in [0.29, 0.717) is 6.42 Å². The quantitative estimate of drug-likeness (QED) is 0.0261. The predicted octanol–water partition coefficient (Wildman–Crippen LogP) is 20.7. The zero-order valence-electron chi connectivity index (χ0n) is 56.3. The van der Waals surface area contributed by atoms with Crippen LogP contribution in [-0.4, -0.2) is 87.5 Å². The maximum absolute atomic E-state index is 13.1. The van der Waals surface area contributed by atoms with Gasteiger partial charge in [-0.15, -0.1) is 0 Å². The number of aliphatic hydroxyl groups is 5. The molecule has 0 aromatic carbocycles. The molecule has 7 unspecified atom stereocenters. The van der Waals surface area contributed by atoms with Gasteiger partial charge < -0.3 is 40.3 Å². The topological polar surface area (TPSA) is 149 Å². The van der Waals surface area contributed by atoms with Crippen molar-refractivity contribution < 1.29 is 39.8 Å². The van der Waals surface area contributed by atoms with Crippen molar-refractivity contribution in [1.82, 2.24) is 5.32 Å². The van der Waals surface area contributed by atoms with Crippen LogP contribution in [0.5, 0.6) is 0 Å². The van der Waals surface area contributed by atoms with Crippen molar-refractivity contribution in [2.75, 3.05) is 13.2 Å². The summed E-state index contributed by atoms with van der Waals surface area (Å²) in [5, 5.41) is 54.7. The van der Waals surface area contributed by atoms with E-state index in [1.807, 2.05) is 6.08 Å². The van der Waals surface area contributed by atoms with E-state index in [9.17, 15) is 30.3 Å². The van der Waals surface area contributed by atoms with Gasteiger partial charge >= 0.3 is 0 Å². The van der Waals surface area contributed by atoms with Gasteiger partial charge in [0.05, 0.1) is 25.4 Å². The molecule has 86 heavy (non-hydrogen) atoms. The summed E-state index contributed by atoms with van der Waals surface area (Å²) < 4.78 is 11.3. The van der Waals surface area contributed by atoms with Crippen LogP contribution >= 0.6 is 0 Å². The molecule has 7 atom stereocenters. The minimum Gasteiger partial charge on any atom is -0.394 e. The normalized spacial score (nSPS) is 18.4. The highest BCUT2D eigenvalue weighted by atomic mass is 16.7. The van der Waals surface area contributed by atoms with Gasteiger partial charge in [0.25, 0.3) is 0 Å². The number of aliphatic hydroxyl groups excluding tert-OH is 5. The lowest BCUT2D eigenvalue weighted by Gasteiger charge is -2.40. The Labute approximate surface area is 531 Å². The van der Waals surface area contributed by atoms with E-state index in [4.69, 9.17) is 9.47 Å². The van der Waals surface area contributed by atoms with Crippen LogP contribution < -0.4 is 5.32 Å². The summed E-state index contributed by atoms with van der Waals surface area (Å²) in [5.74, 6) is -0.185. The van der Waals surface area contributed by atoms with Crippen LogP contribution in [0.3, 0.4) is 0 Å². The van der Waals surface area contributed by atoms with Crippen LogP contribution in [0.4, 0.5) is 0 Å². The number of carbonyl (C=O) groups excluding carboxylic acids is 1. The molecular weight excluding hydrogens is 1070 g/mol. The second-order valence-corrected chi connectivity index (χ2v) is 25.7. The van der Waals surface area contributed by atoms with E-state index >= 15 is 0 Å². The maximum atomic E-state index is 13.1. The number of nitrogens with one attached hydrogen (secondary N) is 1. The lowest BCUT2D eigenvalue weighted by molar-refractivity contribution is -0.302. The van der Waals surface area contributed by atoms with Crippen LogP contribution in [0, 0.1) is 0 Å². The van der Waals surface area contributed by atoms with Crippen molar-refractivity contribution in [2.45, 2.75) is 397 Å². The monoisotopic (exact) mass is 1210 g/mol. The van der Waals surface area contributed by atoms with Gasteiger partial charge in [-0.1, -0.05) is 337 Å². The van der Waals surface area contributed by atoms with Gasteiger partial charge in [0, 0.05) is 6.42 Å². The molecule has 502 valence electrons. The highest BCUT2D eigenvalue weighted by molar-refractivity contribution is 5.76. The number of hydrogen-bond donors (Lipinski definition) is 6. The van der Waals surface area contributed by atoms with Gasteiger partial charge in [0.2, 0.25) is 5.91 Å². The first-order chi connectivity index (χ1) is 42.3. The number of rotatable bonds is 65. The first-order valence-corrected chi connectivity index (χ1v) is 37.2. The molecule has 1 amide bonds. The second-order valence-electron chi connectivity index (χ2n) is 25.7. The van der Waals surface area contributed by atoms with Gasteiger partial charge in [-0.25, -0.2) is 0 Å². The molecule has 0 bridgehead atoms. The molecule has 0 aromatic heterocycles. The van der Waals surface area contributed by atoms with Gasteiger partial charge in [-0.05, 0) is 83.5 Å². The average Bonchev–Trinajstić information content (AvgIpc) is 2.36. The molecule has 6 N–H and O–H groups in total. The zero-order valence-corrected chi connectivity index (χ0v) is 56.3. The Morgan fingerprint density at radius 3 is 1.06 bits per heavy atom. The molecule has 0 radical (unpaired) electrons. The number of carbonyl (C=O) groups is 1. The van der Waals surface area contributed by atoms with E-state index in [1.165, 1.54) is 276 Å². The van der Waals surface area contributed by atoms with Crippen molar-refractivity contribution in [3.63, 3.8) is 0 Å². The third-order valence-electron chi connectivity index (χ3n) is 17.5. The summed E-state index contributed by atoms with van der Waals surface area (Å²) >= 11 is 0. The van der Waals surface area contributed by atoms with Gasteiger partial charge in [-0.3, -0.25) is 4.79 Å². The van der Waals surface area contributed by atoms with Crippen LogP contribution in [0.15, 0.2) is 72.9 Å². The summed E-state index contributed by atoms with van der Waals surface area (Å²) in [5.41, 5.74) is 0. The summed E-state index contributed by atoms with van der Waals surface area (Å²) in [4.78, 5) is 13.1. The Bertz CT molecular complexity index is 1590. The van der Waals surface area contributed by atoms with Gasteiger partial charge in [-0.2, -0.15) is 0 Å². The molecule has 0 aliphatic carbocycles. The third kappa shape index (κ3) is 53.5. The minimum atomic E-state index is -1.58. The SMILES string of the molecule is CCCCCCC/C=C\C/C=C\C/C=C\CCCCCCCCCCCCCCCCCCCCCCCCCCCCC(=O)NC(COC1OC(CO)C(O)C(O)C1O)C(O)/C=C/CC/C=C/CC/C=C/CCCCCCCCCCCCCC. The molecule has 1 heterocycles. The van der Waals surface area contributed by atoms with E-state index in [1.54, 1.807) is 6.08 Å². The smallest absolute Gasteiger partial charge is 0.220 e. The van der Waals surface area contributed by atoms with Gasteiger partial charge in [0.1, 0.15) is 24.4 Å². The highest BCUT2D eigenvalue weighted by Gasteiger charge is 2.44. The maximum Gasteiger partial charge on any atom is 0.220 e. The third-order valence-corrected chi connectivity index (χ3v) is 17.5. The lowest BCUT2D eigenvalue weighted by atomic mass is 9.99. The predicted molar refractivity (Wildman–Crippen MR) is 369 cm³/mol. The summed E-state index contributed by atoms with van der Waals surface area (Å²) in [7, 11) is 0. The molecule has 1 rings (SSSR count). The minimum absolute atomic E-state index is 0.185. The largest absolute Gasteiger partial charge is 0.394 e. The van der Waals surface area contributed by atoms with E-state index in [2.05, 4.69) is 79.9 Å². The lowest BCUT2D eigenvalue weighted by Crippen LogP contribution is -2.60. The number of allylic oxidation sites excluding steroid dienone is 11. The number of hydrogen-bond acceptors (Lipinski definition) is 8. The van der Waals surface area contributed by atoms with Crippen molar-refractivity contribution in [2.24, 2.45) is 0 Å². The molecule has 0 aromatic rings. The van der Waals surface area contributed by atoms with Crippen molar-refractivity contribution in [3.8, 4) is 0 Å². The second kappa shape index (κ2) is 65.6. The average molecular weight is 1210 g/mol. The van der Waals surface area contributed by atoms with Gasteiger partial charge in [0.15, 0.2) is 6.29 Å². The summed E-state index contributed by atoms with van der Waals surface area (Å²) in [6, 6.07) is -0.830. The van der Waals surface area contributed by atoms with E-state index in [-0.39, 0.29) is 12.5 Å². The first kappa shape index (κ1) is 81.6. The molecule has 1 saturated heterocycles. The molecule has 9 nitrogen and oxygen atoms in total. The molecule has 1 aliphatic rings. The number of amides is 1. The molecule has 9 heteroatoms. The Morgan fingerprint density at radius 1 is 0.395 bits per heavy atom. The Kier molecular flexibility index (Phi) is 62.3. The standard InChI is InChI=1S/C77H141NO8/c1-3-5-7-9-11-13-15-17-19-21-23-25-27-28-29-30-31-32-33-34-35-36-37-38-39-40-41-42-43-44-45-47-49-51-53-55-57-59-61-63-65-67-73(81)78-70(69-85-77-76(84)75(83)74(82)72(68-79)86-77)71(80)66-64-62-60-58-56-54-52-50-48-46-26-24-22-20-18-16-14-12-10-8-6-4-2/h15,17,21,23,27-28,48,50,56,58,64,66,70-72,74-77,79-80,82-84H,3-14,16,18-20,22,24-26,29-47,49,51-55,57,59-63,65,67-69H2,1-2H3,(H,78,81)/b17-15-,23-21-,28-27-,50-48+,58-56+,66-64+. The molecule has 0 spiro atoms. The molecular formula is C77H141NO8. The Hall–Kier alpha value is -2.37. The first-order valence-electron chi connectivity index (χ1n) is 37.2. The van der Waals surface area contributed by atoms with Crippen LogP contribution in [0.2, 0.25) is 0 Å². The van der Waals surface area contributed by atoms with Crippen molar-refractivity contribution >= 4 is 5.91 Å². The molecule has 1 aliphatic heterocycles. The highest BCUT2D eigenvalue weighted by Crippen LogP contribution is 2.23. The fraction of sp³-hybridized carbons (Fsp3) is 0.831. The molecule has 1 fully saturated rings.